The van der Waals surface area contributed by atoms with E-state index in [2.05, 4.69) is 49.2 Å². The van der Waals surface area contributed by atoms with E-state index in [4.69, 9.17) is 4.74 Å². The van der Waals surface area contributed by atoms with Crippen LogP contribution in [0.1, 0.15) is 26.3 Å². The highest BCUT2D eigenvalue weighted by Crippen LogP contribution is 2.22. The minimum Gasteiger partial charge on any atom is -0.497 e. The van der Waals surface area contributed by atoms with E-state index in [-0.39, 0.29) is 5.54 Å². The summed E-state index contributed by atoms with van der Waals surface area (Å²) in [6.07, 6.45) is 0. The molecule has 3 heteroatoms. The summed E-state index contributed by atoms with van der Waals surface area (Å²) in [7, 11) is 1.72. The molecule has 0 aromatic heterocycles. The van der Waals surface area contributed by atoms with Crippen LogP contribution in [-0.4, -0.2) is 36.7 Å². The summed E-state index contributed by atoms with van der Waals surface area (Å²) >= 11 is 0. The second-order valence-electron chi connectivity index (χ2n) is 5.83. The summed E-state index contributed by atoms with van der Waals surface area (Å²) in [5.41, 5.74) is 1.52. The Morgan fingerprint density at radius 1 is 1.44 bits per heavy atom. The van der Waals surface area contributed by atoms with Gasteiger partial charge in [-0.15, -0.1) is 0 Å². The van der Waals surface area contributed by atoms with Crippen molar-refractivity contribution in [2.24, 2.45) is 0 Å². The van der Waals surface area contributed by atoms with Gasteiger partial charge >= 0.3 is 0 Å². The Bertz CT molecular complexity index is 403. The molecule has 0 radical (unpaired) electrons. The molecule has 1 atom stereocenters. The van der Waals surface area contributed by atoms with Crippen LogP contribution in [0.2, 0.25) is 0 Å². The first-order chi connectivity index (χ1) is 8.51. The van der Waals surface area contributed by atoms with Gasteiger partial charge < -0.3 is 10.1 Å². The van der Waals surface area contributed by atoms with Gasteiger partial charge in [-0.1, -0.05) is 12.1 Å². The number of ether oxygens (including phenoxy) is 1. The van der Waals surface area contributed by atoms with Crippen LogP contribution in [0.3, 0.4) is 0 Å². The summed E-state index contributed by atoms with van der Waals surface area (Å²) < 4.78 is 5.29. The van der Waals surface area contributed by atoms with Gasteiger partial charge in [-0.25, -0.2) is 0 Å². The zero-order chi connectivity index (χ0) is 13.2. The van der Waals surface area contributed by atoms with Gasteiger partial charge in [0.25, 0.3) is 0 Å². The molecule has 2 rings (SSSR count). The van der Waals surface area contributed by atoms with Crippen molar-refractivity contribution in [1.82, 2.24) is 10.2 Å². The highest BCUT2D eigenvalue weighted by Gasteiger charge is 2.32. The predicted molar refractivity (Wildman–Crippen MR) is 74.9 cm³/mol. The molecule has 0 bridgehead atoms. The Balaban J connectivity index is 2.11. The lowest BCUT2D eigenvalue weighted by Crippen LogP contribution is -2.60. The summed E-state index contributed by atoms with van der Waals surface area (Å²) in [6.45, 7) is 9.95. The van der Waals surface area contributed by atoms with E-state index in [0.29, 0.717) is 6.04 Å². The zero-order valence-electron chi connectivity index (χ0n) is 11.9. The van der Waals surface area contributed by atoms with Gasteiger partial charge in [0.15, 0.2) is 0 Å². The molecule has 1 fully saturated rings. The fourth-order valence-electron chi connectivity index (χ4n) is 2.45. The van der Waals surface area contributed by atoms with Crippen molar-refractivity contribution in [3.8, 4) is 5.75 Å². The average Bonchev–Trinajstić information content (AvgIpc) is 2.35. The fraction of sp³-hybridized carbons (Fsp3) is 0.600. The standard InChI is InChI=1S/C15H24N2O/c1-12-9-17(15(2,3)11-16-12)10-13-6-5-7-14(8-13)18-4/h5-8,12,16H,9-11H2,1-4H3. The Morgan fingerprint density at radius 3 is 2.94 bits per heavy atom. The zero-order valence-corrected chi connectivity index (χ0v) is 11.9. The quantitative estimate of drug-likeness (QED) is 0.888. The number of methoxy groups -OCH3 is 1. The monoisotopic (exact) mass is 248 g/mol. The molecule has 18 heavy (non-hydrogen) atoms. The lowest BCUT2D eigenvalue weighted by atomic mass is 9.97. The smallest absolute Gasteiger partial charge is 0.119 e. The Hall–Kier alpha value is -1.06. The summed E-state index contributed by atoms with van der Waals surface area (Å²) in [5.74, 6) is 0.938. The minimum absolute atomic E-state index is 0.204. The third kappa shape index (κ3) is 3.03. The van der Waals surface area contributed by atoms with Crippen molar-refractivity contribution >= 4 is 0 Å². The topological polar surface area (TPSA) is 24.5 Å². The van der Waals surface area contributed by atoms with Crippen LogP contribution in [-0.2, 0) is 6.54 Å². The highest BCUT2D eigenvalue weighted by molar-refractivity contribution is 5.28. The predicted octanol–water partition coefficient (Wildman–Crippen LogP) is 2.27. The van der Waals surface area contributed by atoms with Crippen LogP contribution in [0.5, 0.6) is 5.75 Å². The minimum atomic E-state index is 0.204. The van der Waals surface area contributed by atoms with Crippen LogP contribution in [0.25, 0.3) is 0 Å². The van der Waals surface area contributed by atoms with Gasteiger partial charge in [-0.3, -0.25) is 4.90 Å². The number of nitrogens with zero attached hydrogens (tertiary/aromatic N) is 1. The second-order valence-corrected chi connectivity index (χ2v) is 5.83. The molecule has 3 nitrogen and oxygen atoms in total. The molecule has 1 saturated heterocycles. The van der Waals surface area contributed by atoms with E-state index in [0.717, 1.165) is 25.4 Å². The number of hydrogen-bond donors (Lipinski definition) is 1. The van der Waals surface area contributed by atoms with Crippen molar-refractivity contribution in [3.63, 3.8) is 0 Å². The van der Waals surface area contributed by atoms with Crippen LogP contribution >= 0.6 is 0 Å². The van der Waals surface area contributed by atoms with Gasteiger partial charge in [0, 0.05) is 31.2 Å². The van der Waals surface area contributed by atoms with E-state index < -0.39 is 0 Å². The van der Waals surface area contributed by atoms with E-state index >= 15 is 0 Å². The lowest BCUT2D eigenvalue weighted by Gasteiger charge is -2.45. The molecular formula is C15H24N2O. The lowest BCUT2D eigenvalue weighted by molar-refractivity contribution is 0.0626. The SMILES string of the molecule is COc1cccc(CN2CC(C)NCC2(C)C)c1. The van der Waals surface area contributed by atoms with Crippen LogP contribution in [0.15, 0.2) is 24.3 Å². The molecule has 1 unspecified atom stereocenters. The van der Waals surface area contributed by atoms with E-state index in [1.807, 2.05) is 6.07 Å². The molecule has 1 N–H and O–H groups in total. The summed E-state index contributed by atoms with van der Waals surface area (Å²) in [6, 6.07) is 8.92. The molecule has 0 spiro atoms. The first-order valence-corrected chi connectivity index (χ1v) is 6.62. The number of nitrogens with one attached hydrogen (secondary N) is 1. The first-order valence-electron chi connectivity index (χ1n) is 6.62. The van der Waals surface area contributed by atoms with E-state index in [9.17, 15) is 0 Å². The average molecular weight is 248 g/mol. The maximum Gasteiger partial charge on any atom is 0.119 e. The largest absolute Gasteiger partial charge is 0.497 e. The molecule has 100 valence electrons. The van der Waals surface area contributed by atoms with Gasteiger partial charge in [0.05, 0.1) is 7.11 Å². The van der Waals surface area contributed by atoms with Crippen LogP contribution in [0, 0.1) is 0 Å². The van der Waals surface area contributed by atoms with Crippen molar-refractivity contribution in [3.05, 3.63) is 29.8 Å². The van der Waals surface area contributed by atoms with Gasteiger partial charge in [0.1, 0.15) is 5.75 Å². The molecule has 0 amide bonds. The molecule has 1 aromatic rings. The molecular weight excluding hydrogens is 224 g/mol. The van der Waals surface area contributed by atoms with Gasteiger partial charge in [0.2, 0.25) is 0 Å². The summed E-state index contributed by atoms with van der Waals surface area (Å²) in [4.78, 5) is 2.54. The van der Waals surface area contributed by atoms with Crippen LogP contribution < -0.4 is 10.1 Å². The number of hydrogen-bond acceptors (Lipinski definition) is 3. The maximum absolute atomic E-state index is 5.29. The van der Waals surface area contributed by atoms with Gasteiger partial charge in [-0.2, -0.15) is 0 Å². The van der Waals surface area contributed by atoms with Crippen molar-refractivity contribution in [1.29, 1.82) is 0 Å². The summed E-state index contributed by atoms with van der Waals surface area (Å²) in [5, 5.41) is 3.54. The molecule has 1 aromatic carbocycles. The third-order valence-electron chi connectivity index (χ3n) is 3.74. The molecule has 0 aliphatic carbocycles. The molecule has 1 aliphatic heterocycles. The molecule has 0 saturated carbocycles. The molecule has 1 heterocycles. The maximum atomic E-state index is 5.29. The first kappa shape index (κ1) is 13.4. The number of piperazine rings is 1. The van der Waals surface area contributed by atoms with Crippen molar-refractivity contribution in [2.75, 3.05) is 20.2 Å². The Labute approximate surface area is 110 Å². The van der Waals surface area contributed by atoms with E-state index in [1.165, 1.54) is 5.56 Å². The van der Waals surface area contributed by atoms with E-state index in [1.54, 1.807) is 7.11 Å². The normalized spacial score (nSPS) is 23.9. The Kier molecular flexibility index (Phi) is 3.93. The number of benzene rings is 1. The highest BCUT2D eigenvalue weighted by atomic mass is 16.5. The van der Waals surface area contributed by atoms with Gasteiger partial charge in [-0.05, 0) is 38.5 Å². The third-order valence-corrected chi connectivity index (χ3v) is 3.74. The van der Waals surface area contributed by atoms with Crippen LogP contribution in [0.4, 0.5) is 0 Å². The number of rotatable bonds is 3. The molecule has 1 aliphatic rings. The van der Waals surface area contributed by atoms with Crippen molar-refractivity contribution < 1.29 is 4.74 Å². The van der Waals surface area contributed by atoms with Crippen molar-refractivity contribution in [2.45, 2.75) is 38.9 Å². The fourth-order valence-corrected chi connectivity index (χ4v) is 2.45. The Morgan fingerprint density at radius 2 is 2.22 bits per heavy atom. The second kappa shape index (κ2) is 5.29.